The highest BCUT2D eigenvalue weighted by molar-refractivity contribution is 5.90. The number of allylic oxidation sites excluding steroid dienone is 2. The number of ether oxygens (including phenoxy) is 3. The molecule has 0 spiro atoms. The van der Waals surface area contributed by atoms with Crippen LogP contribution in [0, 0.1) is 5.92 Å². The number of rotatable bonds is 3. The minimum atomic E-state index is -0.295. The standard InChI is InChI=1S/C16H18O4/c17-16(20-11-12-4-2-1-3-5-12)13-6-7-14-15(10-13)19-9-8-18-14/h1-2,6-7,10,12H,3-5,8-9,11H2. The van der Waals surface area contributed by atoms with Crippen LogP contribution in [0.25, 0.3) is 0 Å². The number of carbonyl (C=O) groups is 1. The van der Waals surface area contributed by atoms with Gasteiger partial charge in [-0.25, -0.2) is 4.79 Å². The predicted molar refractivity (Wildman–Crippen MR) is 74.2 cm³/mol. The molecule has 0 radical (unpaired) electrons. The summed E-state index contributed by atoms with van der Waals surface area (Å²) < 4.78 is 16.3. The van der Waals surface area contributed by atoms with Gasteiger partial charge < -0.3 is 14.2 Å². The van der Waals surface area contributed by atoms with Crippen LogP contribution in [-0.4, -0.2) is 25.8 Å². The summed E-state index contributed by atoms with van der Waals surface area (Å²) in [6.07, 6.45) is 7.50. The van der Waals surface area contributed by atoms with Crippen molar-refractivity contribution in [1.29, 1.82) is 0 Å². The van der Waals surface area contributed by atoms with E-state index in [2.05, 4.69) is 12.2 Å². The Morgan fingerprint density at radius 1 is 1.20 bits per heavy atom. The van der Waals surface area contributed by atoms with Gasteiger partial charge in [0.1, 0.15) is 13.2 Å². The lowest BCUT2D eigenvalue weighted by Crippen LogP contribution is -2.17. The van der Waals surface area contributed by atoms with E-state index in [0.717, 1.165) is 19.3 Å². The largest absolute Gasteiger partial charge is 0.486 e. The molecule has 0 aromatic heterocycles. The van der Waals surface area contributed by atoms with E-state index in [4.69, 9.17) is 14.2 Å². The Bertz CT molecular complexity index is 521. The molecule has 20 heavy (non-hydrogen) atoms. The number of carbonyl (C=O) groups excluding carboxylic acids is 1. The molecule has 1 heterocycles. The normalized spacial score (nSPS) is 20.5. The van der Waals surface area contributed by atoms with Crippen LogP contribution < -0.4 is 9.47 Å². The molecular weight excluding hydrogens is 256 g/mol. The number of benzene rings is 1. The van der Waals surface area contributed by atoms with Crippen molar-refractivity contribution in [3.8, 4) is 11.5 Å². The molecule has 1 aliphatic heterocycles. The van der Waals surface area contributed by atoms with Gasteiger partial charge in [-0.15, -0.1) is 0 Å². The summed E-state index contributed by atoms with van der Waals surface area (Å²) in [6.45, 7) is 1.55. The Balaban J connectivity index is 1.60. The van der Waals surface area contributed by atoms with Crippen molar-refractivity contribution in [2.75, 3.05) is 19.8 Å². The summed E-state index contributed by atoms with van der Waals surface area (Å²) >= 11 is 0. The van der Waals surface area contributed by atoms with Crippen molar-refractivity contribution in [2.45, 2.75) is 19.3 Å². The van der Waals surface area contributed by atoms with Gasteiger partial charge >= 0.3 is 5.97 Å². The second kappa shape index (κ2) is 5.99. The van der Waals surface area contributed by atoms with E-state index in [9.17, 15) is 4.79 Å². The van der Waals surface area contributed by atoms with Gasteiger partial charge in [-0.1, -0.05) is 12.2 Å². The van der Waals surface area contributed by atoms with E-state index in [1.165, 1.54) is 0 Å². The fraction of sp³-hybridized carbons (Fsp3) is 0.438. The van der Waals surface area contributed by atoms with Crippen LogP contribution in [0.4, 0.5) is 0 Å². The van der Waals surface area contributed by atoms with Crippen LogP contribution >= 0.6 is 0 Å². The van der Waals surface area contributed by atoms with E-state index < -0.39 is 0 Å². The number of hydrogen-bond donors (Lipinski definition) is 0. The minimum Gasteiger partial charge on any atom is -0.486 e. The first-order valence-corrected chi connectivity index (χ1v) is 7.05. The first-order valence-electron chi connectivity index (χ1n) is 7.05. The monoisotopic (exact) mass is 274 g/mol. The van der Waals surface area contributed by atoms with Gasteiger partial charge in [0, 0.05) is 0 Å². The molecule has 1 atom stereocenters. The first-order chi connectivity index (χ1) is 9.83. The molecule has 4 nitrogen and oxygen atoms in total. The summed E-state index contributed by atoms with van der Waals surface area (Å²) in [5, 5.41) is 0. The van der Waals surface area contributed by atoms with Crippen molar-refractivity contribution in [3.63, 3.8) is 0 Å². The van der Waals surface area contributed by atoms with Crippen molar-refractivity contribution < 1.29 is 19.0 Å². The molecular formula is C16H18O4. The Labute approximate surface area is 118 Å². The Morgan fingerprint density at radius 3 is 2.85 bits per heavy atom. The fourth-order valence-electron chi connectivity index (χ4n) is 2.45. The molecule has 0 saturated heterocycles. The highest BCUT2D eigenvalue weighted by atomic mass is 16.6. The number of fused-ring (bicyclic) bond motifs is 1. The van der Waals surface area contributed by atoms with Crippen molar-refractivity contribution in [2.24, 2.45) is 5.92 Å². The lowest BCUT2D eigenvalue weighted by atomic mass is 9.95. The van der Waals surface area contributed by atoms with Crippen LogP contribution in [0.3, 0.4) is 0 Å². The SMILES string of the molecule is O=C(OCC1CC=CCC1)c1ccc2c(c1)OCCO2. The minimum absolute atomic E-state index is 0.295. The third-order valence-corrected chi connectivity index (χ3v) is 3.61. The van der Waals surface area contributed by atoms with E-state index in [1.807, 2.05) is 0 Å². The second-order valence-corrected chi connectivity index (χ2v) is 5.11. The molecule has 0 amide bonds. The third kappa shape index (κ3) is 2.95. The molecule has 0 saturated carbocycles. The summed E-state index contributed by atoms with van der Waals surface area (Å²) in [6, 6.07) is 5.17. The number of esters is 1. The smallest absolute Gasteiger partial charge is 0.338 e. The van der Waals surface area contributed by atoms with Gasteiger partial charge in [-0.2, -0.15) is 0 Å². The van der Waals surface area contributed by atoms with Crippen LogP contribution in [0.5, 0.6) is 11.5 Å². The highest BCUT2D eigenvalue weighted by Crippen LogP contribution is 2.31. The van der Waals surface area contributed by atoms with Gasteiger partial charge in [-0.05, 0) is 43.4 Å². The molecule has 1 aromatic carbocycles. The van der Waals surface area contributed by atoms with Crippen LogP contribution in [0.2, 0.25) is 0 Å². The molecule has 3 rings (SSSR count). The molecule has 4 heteroatoms. The maximum Gasteiger partial charge on any atom is 0.338 e. The van der Waals surface area contributed by atoms with E-state index >= 15 is 0 Å². The van der Waals surface area contributed by atoms with Crippen molar-refractivity contribution in [3.05, 3.63) is 35.9 Å². The zero-order valence-corrected chi connectivity index (χ0v) is 11.3. The van der Waals surface area contributed by atoms with Crippen molar-refractivity contribution in [1.82, 2.24) is 0 Å². The summed E-state index contributed by atoms with van der Waals surface area (Å²) in [7, 11) is 0. The zero-order chi connectivity index (χ0) is 13.8. The highest BCUT2D eigenvalue weighted by Gasteiger charge is 2.17. The predicted octanol–water partition coefficient (Wildman–Crippen LogP) is 2.97. The number of hydrogen-bond acceptors (Lipinski definition) is 4. The van der Waals surface area contributed by atoms with Crippen LogP contribution in [0.15, 0.2) is 30.4 Å². The molecule has 1 unspecified atom stereocenters. The Kier molecular flexibility index (Phi) is 3.90. The van der Waals surface area contributed by atoms with Gasteiger partial charge in [0.2, 0.25) is 0 Å². The topological polar surface area (TPSA) is 44.8 Å². The van der Waals surface area contributed by atoms with E-state index in [1.54, 1.807) is 18.2 Å². The molecule has 0 N–H and O–H groups in total. The van der Waals surface area contributed by atoms with E-state index in [-0.39, 0.29) is 5.97 Å². The molecule has 1 aromatic rings. The van der Waals surface area contributed by atoms with Gasteiger partial charge in [0.05, 0.1) is 12.2 Å². The maximum absolute atomic E-state index is 12.0. The summed E-state index contributed by atoms with van der Waals surface area (Å²) in [4.78, 5) is 12.0. The quantitative estimate of drug-likeness (QED) is 0.628. The summed E-state index contributed by atoms with van der Waals surface area (Å²) in [5.41, 5.74) is 0.514. The van der Waals surface area contributed by atoms with Crippen LogP contribution in [0.1, 0.15) is 29.6 Å². The zero-order valence-electron chi connectivity index (χ0n) is 11.3. The van der Waals surface area contributed by atoms with Gasteiger partial charge in [0.15, 0.2) is 11.5 Å². The Hall–Kier alpha value is -1.97. The maximum atomic E-state index is 12.0. The molecule has 2 aliphatic rings. The van der Waals surface area contributed by atoms with Gasteiger partial charge in [-0.3, -0.25) is 0 Å². The molecule has 0 bridgehead atoms. The van der Waals surface area contributed by atoms with Crippen molar-refractivity contribution >= 4 is 5.97 Å². The first kappa shape index (κ1) is 13.0. The Morgan fingerprint density at radius 2 is 2.05 bits per heavy atom. The fourth-order valence-corrected chi connectivity index (χ4v) is 2.45. The molecule has 0 fully saturated rings. The van der Waals surface area contributed by atoms with Crippen LogP contribution in [-0.2, 0) is 4.74 Å². The third-order valence-electron chi connectivity index (χ3n) is 3.61. The lowest BCUT2D eigenvalue weighted by Gasteiger charge is -2.19. The average Bonchev–Trinajstić information content (AvgIpc) is 2.53. The summed E-state index contributed by atoms with van der Waals surface area (Å²) in [5.74, 6) is 1.45. The average molecular weight is 274 g/mol. The van der Waals surface area contributed by atoms with Gasteiger partial charge in [0.25, 0.3) is 0 Å². The molecule has 1 aliphatic carbocycles. The lowest BCUT2D eigenvalue weighted by molar-refractivity contribution is 0.0431. The van der Waals surface area contributed by atoms with E-state index in [0.29, 0.717) is 42.8 Å². The second-order valence-electron chi connectivity index (χ2n) is 5.11. The molecule has 106 valence electrons.